The molecule has 162 valence electrons. The van der Waals surface area contributed by atoms with Crippen LogP contribution in [-0.2, 0) is 14.8 Å². The molecule has 3 rings (SSSR count). The summed E-state index contributed by atoms with van der Waals surface area (Å²) in [6, 6.07) is 13.9. The van der Waals surface area contributed by atoms with Crippen LogP contribution in [0.3, 0.4) is 0 Å². The molecule has 0 spiro atoms. The van der Waals surface area contributed by atoms with Crippen LogP contribution in [0.1, 0.15) is 13.3 Å². The molecule has 1 aliphatic heterocycles. The third kappa shape index (κ3) is 6.04. The maximum Gasteiger partial charge on any atom is 0.243 e. The van der Waals surface area contributed by atoms with Gasteiger partial charge in [0.2, 0.25) is 15.9 Å². The number of benzene rings is 2. The van der Waals surface area contributed by atoms with Gasteiger partial charge in [-0.3, -0.25) is 4.79 Å². The predicted molar refractivity (Wildman–Crippen MR) is 120 cm³/mol. The molecule has 30 heavy (non-hydrogen) atoms. The van der Waals surface area contributed by atoms with Gasteiger partial charge in [0.1, 0.15) is 5.75 Å². The monoisotopic (exact) mass is 495 g/mol. The molecular weight excluding hydrogens is 470 g/mol. The van der Waals surface area contributed by atoms with Crippen LogP contribution < -0.4 is 10.1 Å². The summed E-state index contributed by atoms with van der Waals surface area (Å²) in [5.41, 5.74) is 0.730. The number of anilines is 1. The fourth-order valence-corrected chi connectivity index (χ4v) is 4.92. The molecule has 0 bridgehead atoms. The normalized spacial score (nSPS) is 15.7. The maximum absolute atomic E-state index is 12.8. The number of nitrogens with one attached hydrogen (secondary N) is 1. The molecule has 1 aliphatic rings. The Morgan fingerprint density at radius 1 is 1.03 bits per heavy atom. The van der Waals surface area contributed by atoms with Crippen molar-refractivity contribution in [3.63, 3.8) is 0 Å². The van der Waals surface area contributed by atoms with Gasteiger partial charge in [-0.2, -0.15) is 4.31 Å². The Hall–Kier alpha value is -1.94. The van der Waals surface area contributed by atoms with E-state index in [1.807, 2.05) is 31.2 Å². The van der Waals surface area contributed by atoms with E-state index in [4.69, 9.17) is 4.74 Å². The molecule has 0 unspecified atom stereocenters. The Labute approximate surface area is 186 Å². The molecule has 0 saturated carbocycles. The van der Waals surface area contributed by atoms with Gasteiger partial charge in [0.25, 0.3) is 0 Å². The zero-order valence-electron chi connectivity index (χ0n) is 16.9. The van der Waals surface area contributed by atoms with E-state index < -0.39 is 10.0 Å². The molecule has 0 aliphatic carbocycles. The van der Waals surface area contributed by atoms with Crippen molar-refractivity contribution in [3.05, 3.63) is 53.0 Å². The van der Waals surface area contributed by atoms with Gasteiger partial charge in [-0.1, -0.05) is 15.9 Å². The highest BCUT2D eigenvalue weighted by Crippen LogP contribution is 2.20. The van der Waals surface area contributed by atoms with E-state index >= 15 is 0 Å². The van der Waals surface area contributed by atoms with Crippen molar-refractivity contribution < 1.29 is 17.9 Å². The summed E-state index contributed by atoms with van der Waals surface area (Å²) < 4.78 is 33.3. The van der Waals surface area contributed by atoms with Gasteiger partial charge < -0.3 is 15.0 Å². The fourth-order valence-electron chi connectivity index (χ4n) is 3.23. The molecule has 1 saturated heterocycles. The minimum absolute atomic E-state index is 0.0657. The number of halogens is 1. The summed E-state index contributed by atoms with van der Waals surface area (Å²) in [7, 11) is -3.49. The highest BCUT2D eigenvalue weighted by atomic mass is 79.9. The summed E-state index contributed by atoms with van der Waals surface area (Å²) in [5.74, 6) is 0.704. The third-order valence-corrected chi connectivity index (χ3v) is 7.33. The molecule has 0 aromatic heterocycles. The molecule has 1 amide bonds. The Morgan fingerprint density at radius 2 is 1.67 bits per heavy atom. The van der Waals surface area contributed by atoms with E-state index in [-0.39, 0.29) is 5.91 Å². The van der Waals surface area contributed by atoms with Crippen molar-refractivity contribution in [2.45, 2.75) is 18.2 Å². The molecular formula is C21H26BrN3O4S. The smallest absolute Gasteiger partial charge is 0.243 e. The van der Waals surface area contributed by atoms with Crippen molar-refractivity contribution in [1.82, 2.24) is 9.21 Å². The maximum atomic E-state index is 12.8. The molecule has 1 N–H and O–H groups in total. The number of hydrogen-bond acceptors (Lipinski definition) is 5. The second-order valence-electron chi connectivity index (χ2n) is 6.96. The summed E-state index contributed by atoms with van der Waals surface area (Å²) >= 11 is 3.32. The molecule has 1 heterocycles. The SMILES string of the molecule is CCOc1ccc(NC(=O)CCN2CCN(S(=O)(=O)c3ccc(Br)cc3)CC2)cc1. The van der Waals surface area contributed by atoms with E-state index in [9.17, 15) is 13.2 Å². The fraction of sp³-hybridized carbons (Fsp3) is 0.381. The summed E-state index contributed by atoms with van der Waals surface area (Å²) in [6.07, 6.45) is 0.354. The second kappa shape index (κ2) is 10.4. The lowest BCUT2D eigenvalue weighted by Crippen LogP contribution is -2.49. The van der Waals surface area contributed by atoms with E-state index in [0.717, 1.165) is 15.9 Å². The first kappa shape index (κ1) is 22.7. The Kier molecular flexibility index (Phi) is 7.87. The molecule has 1 fully saturated rings. The number of ether oxygens (including phenoxy) is 1. The zero-order chi connectivity index (χ0) is 21.6. The number of amides is 1. The third-order valence-electron chi connectivity index (χ3n) is 4.89. The number of carbonyl (C=O) groups is 1. The highest BCUT2D eigenvalue weighted by molar-refractivity contribution is 9.10. The first-order valence-electron chi connectivity index (χ1n) is 9.89. The first-order chi connectivity index (χ1) is 14.4. The van der Waals surface area contributed by atoms with Gasteiger partial charge in [-0.25, -0.2) is 8.42 Å². The van der Waals surface area contributed by atoms with E-state index in [0.29, 0.717) is 50.6 Å². The van der Waals surface area contributed by atoms with Crippen LogP contribution in [0.2, 0.25) is 0 Å². The molecule has 0 atom stereocenters. The number of sulfonamides is 1. The van der Waals surface area contributed by atoms with Crippen molar-refractivity contribution >= 4 is 37.5 Å². The van der Waals surface area contributed by atoms with Crippen LogP contribution >= 0.6 is 15.9 Å². The molecule has 2 aromatic rings. The van der Waals surface area contributed by atoms with Gasteiger partial charge in [-0.05, 0) is 55.5 Å². The number of rotatable bonds is 8. The first-order valence-corrected chi connectivity index (χ1v) is 12.1. The van der Waals surface area contributed by atoms with Crippen LogP contribution in [-0.4, -0.2) is 62.9 Å². The van der Waals surface area contributed by atoms with Crippen LogP contribution in [0.5, 0.6) is 5.75 Å². The standard InChI is InChI=1S/C21H26BrN3O4S/c1-2-29-19-7-5-18(6-8-19)23-21(26)11-12-24-13-15-25(16-14-24)30(27,28)20-9-3-17(22)4-10-20/h3-10H,2,11-16H2,1H3,(H,23,26). The summed E-state index contributed by atoms with van der Waals surface area (Å²) in [6.45, 7) is 5.15. The van der Waals surface area contributed by atoms with E-state index in [1.54, 1.807) is 24.3 Å². The highest BCUT2D eigenvalue weighted by Gasteiger charge is 2.28. The Morgan fingerprint density at radius 3 is 2.27 bits per heavy atom. The van der Waals surface area contributed by atoms with Crippen molar-refractivity contribution in [1.29, 1.82) is 0 Å². The lowest BCUT2D eigenvalue weighted by molar-refractivity contribution is -0.116. The average molecular weight is 496 g/mol. The zero-order valence-corrected chi connectivity index (χ0v) is 19.3. The van der Waals surface area contributed by atoms with E-state index in [2.05, 4.69) is 26.1 Å². The predicted octanol–water partition coefficient (Wildman–Crippen LogP) is 3.18. The van der Waals surface area contributed by atoms with Crippen molar-refractivity contribution in [3.8, 4) is 5.75 Å². The summed E-state index contributed by atoms with van der Waals surface area (Å²) in [5, 5.41) is 2.88. The van der Waals surface area contributed by atoms with Crippen LogP contribution in [0.4, 0.5) is 5.69 Å². The van der Waals surface area contributed by atoms with Gasteiger partial charge >= 0.3 is 0 Å². The Balaban J connectivity index is 1.44. The lowest BCUT2D eigenvalue weighted by atomic mass is 10.2. The average Bonchev–Trinajstić information content (AvgIpc) is 2.74. The minimum Gasteiger partial charge on any atom is -0.494 e. The number of piperazine rings is 1. The molecule has 2 aromatic carbocycles. The summed E-state index contributed by atoms with van der Waals surface area (Å²) in [4.78, 5) is 14.6. The number of hydrogen-bond donors (Lipinski definition) is 1. The van der Waals surface area contributed by atoms with Gasteiger partial charge in [0, 0.05) is 49.3 Å². The Bertz CT molecular complexity index is 941. The molecule has 9 heteroatoms. The van der Waals surface area contributed by atoms with Crippen LogP contribution in [0, 0.1) is 0 Å². The number of nitrogens with zero attached hydrogens (tertiary/aromatic N) is 2. The topological polar surface area (TPSA) is 79.0 Å². The quantitative estimate of drug-likeness (QED) is 0.608. The van der Waals surface area contributed by atoms with Gasteiger partial charge in [-0.15, -0.1) is 0 Å². The van der Waals surface area contributed by atoms with Crippen LogP contribution in [0.15, 0.2) is 57.9 Å². The second-order valence-corrected chi connectivity index (χ2v) is 9.81. The van der Waals surface area contributed by atoms with Gasteiger partial charge in [0.15, 0.2) is 0 Å². The lowest BCUT2D eigenvalue weighted by Gasteiger charge is -2.33. The molecule has 0 radical (unpaired) electrons. The van der Waals surface area contributed by atoms with Crippen molar-refractivity contribution in [2.75, 3.05) is 44.6 Å². The van der Waals surface area contributed by atoms with Crippen LogP contribution in [0.25, 0.3) is 0 Å². The van der Waals surface area contributed by atoms with E-state index in [1.165, 1.54) is 4.31 Å². The number of carbonyl (C=O) groups excluding carboxylic acids is 1. The minimum atomic E-state index is -3.49. The van der Waals surface area contributed by atoms with Gasteiger partial charge in [0.05, 0.1) is 11.5 Å². The largest absolute Gasteiger partial charge is 0.494 e. The molecule has 7 nitrogen and oxygen atoms in total. The van der Waals surface area contributed by atoms with Crippen molar-refractivity contribution in [2.24, 2.45) is 0 Å².